The predicted molar refractivity (Wildman–Crippen MR) is 80.2 cm³/mol. The molecule has 1 aromatic heterocycles. The van der Waals surface area contributed by atoms with Gasteiger partial charge in [0.15, 0.2) is 0 Å². The Morgan fingerprint density at radius 1 is 1.43 bits per heavy atom. The summed E-state index contributed by atoms with van der Waals surface area (Å²) in [7, 11) is 0. The minimum absolute atomic E-state index is 0.0587. The van der Waals surface area contributed by atoms with Crippen LogP contribution < -0.4 is 5.56 Å². The molecule has 1 unspecified atom stereocenters. The van der Waals surface area contributed by atoms with Crippen molar-refractivity contribution in [3.8, 4) is 0 Å². The SMILES string of the molecule is C=CCc1cn(C(CCC)C(=O)OCC)c(=O)cc1C(F)(F)F. The smallest absolute Gasteiger partial charge is 0.416 e. The highest BCUT2D eigenvalue weighted by Crippen LogP contribution is 2.32. The Hall–Kier alpha value is -2.05. The monoisotopic (exact) mass is 331 g/mol. The summed E-state index contributed by atoms with van der Waals surface area (Å²) in [5.74, 6) is -0.624. The Morgan fingerprint density at radius 2 is 2.09 bits per heavy atom. The van der Waals surface area contributed by atoms with Crippen molar-refractivity contribution in [1.29, 1.82) is 0 Å². The zero-order valence-electron chi connectivity index (χ0n) is 13.2. The van der Waals surface area contributed by atoms with Crippen molar-refractivity contribution in [2.24, 2.45) is 0 Å². The lowest BCUT2D eigenvalue weighted by atomic mass is 10.1. The van der Waals surface area contributed by atoms with Crippen LogP contribution in [-0.4, -0.2) is 17.1 Å². The Kier molecular flexibility index (Phi) is 6.60. The van der Waals surface area contributed by atoms with Crippen molar-refractivity contribution in [2.75, 3.05) is 6.61 Å². The molecule has 4 nitrogen and oxygen atoms in total. The van der Waals surface area contributed by atoms with Crippen LogP contribution in [0.5, 0.6) is 0 Å². The second-order valence-corrected chi connectivity index (χ2v) is 5.00. The largest absolute Gasteiger partial charge is 0.464 e. The molecule has 0 spiro atoms. The van der Waals surface area contributed by atoms with Crippen LogP contribution in [0.15, 0.2) is 29.7 Å². The maximum absolute atomic E-state index is 13.0. The summed E-state index contributed by atoms with van der Waals surface area (Å²) >= 11 is 0. The first-order valence-electron chi connectivity index (χ1n) is 7.36. The molecular weight excluding hydrogens is 311 g/mol. The Bertz CT molecular complexity index is 620. The first-order chi connectivity index (χ1) is 10.8. The van der Waals surface area contributed by atoms with E-state index in [1.54, 1.807) is 6.92 Å². The molecule has 1 heterocycles. The molecule has 1 aromatic rings. The van der Waals surface area contributed by atoms with Gasteiger partial charge < -0.3 is 9.30 Å². The highest BCUT2D eigenvalue weighted by Gasteiger charge is 2.35. The number of esters is 1. The summed E-state index contributed by atoms with van der Waals surface area (Å²) in [4.78, 5) is 24.1. The molecule has 128 valence electrons. The van der Waals surface area contributed by atoms with Gasteiger partial charge in [0, 0.05) is 12.3 Å². The highest BCUT2D eigenvalue weighted by molar-refractivity contribution is 5.74. The molecule has 0 fully saturated rings. The van der Waals surface area contributed by atoms with Crippen molar-refractivity contribution >= 4 is 5.97 Å². The lowest BCUT2D eigenvalue weighted by Gasteiger charge is -2.20. The molecule has 0 aliphatic rings. The molecule has 0 saturated carbocycles. The van der Waals surface area contributed by atoms with Crippen LogP contribution >= 0.6 is 0 Å². The minimum Gasteiger partial charge on any atom is -0.464 e. The Morgan fingerprint density at radius 3 is 2.57 bits per heavy atom. The normalized spacial score (nSPS) is 12.7. The predicted octanol–water partition coefficient (Wildman–Crippen LogP) is 3.50. The summed E-state index contributed by atoms with van der Waals surface area (Å²) in [5, 5.41) is 0. The van der Waals surface area contributed by atoms with Gasteiger partial charge in [-0.25, -0.2) is 4.79 Å². The average molecular weight is 331 g/mol. The lowest BCUT2D eigenvalue weighted by molar-refractivity contribution is -0.147. The van der Waals surface area contributed by atoms with Crippen LogP contribution in [0, 0.1) is 0 Å². The quantitative estimate of drug-likeness (QED) is 0.567. The van der Waals surface area contributed by atoms with Gasteiger partial charge in [0.25, 0.3) is 5.56 Å². The van der Waals surface area contributed by atoms with Crippen LogP contribution in [0.1, 0.15) is 43.9 Å². The number of aromatic nitrogens is 1. The second kappa shape index (κ2) is 7.99. The van der Waals surface area contributed by atoms with Gasteiger partial charge in [-0.1, -0.05) is 19.4 Å². The van der Waals surface area contributed by atoms with Gasteiger partial charge in [0.1, 0.15) is 6.04 Å². The molecule has 1 rings (SSSR count). The number of carbonyl (C=O) groups excluding carboxylic acids is 1. The second-order valence-electron chi connectivity index (χ2n) is 5.00. The highest BCUT2D eigenvalue weighted by atomic mass is 19.4. The Balaban J connectivity index is 3.45. The van der Waals surface area contributed by atoms with E-state index in [-0.39, 0.29) is 18.6 Å². The number of allylic oxidation sites excluding steroid dienone is 1. The zero-order chi connectivity index (χ0) is 17.6. The maximum atomic E-state index is 13.0. The van der Waals surface area contributed by atoms with Gasteiger partial charge >= 0.3 is 12.1 Å². The van der Waals surface area contributed by atoms with E-state index in [0.717, 1.165) is 10.8 Å². The lowest BCUT2D eigenvalue weighted by Crippen LogP contribution is -2.32. The molecule has 0 amide bonds. The van der Waals surface area contributed by atoms with Crippen molar-refractivity contribution in [3.05, 3.63) is 46.4 Å². The topological polar surface area (TPSA) is 48.3 Å². The molecule has 1 atom stereocenters. The van der Waals surface area contributed by atoms with Crippen LogP contribution in [-0.2, 0) is 22.1 Å². The third-order valence-electron chi connectivity index (χ3n) is 3.29. The first kappa shape index (κ1) is 19.0. The van der Waals surface area contributed by atoms with E-state index < -0.39 is 29.3 Å². The summed E-state index contributed by atoms with van der Waals surface area (Å²) in [6, 6.07) is -0.404. The number of alkyl halides is 3. The number of carbonyl (C=O) groups is 1. The molecule has 0 aromatic carbocycles. The van der Waals surface area contributed by atoms with Gasteiger partial charge in [-0.15, -0.1) is 6.58 Å². The van der Waals surface area contributed by atoms with Crippen molar-refractivity contribution < 1.29 is 22.7 Å². The fraction of sp³-hybridized carbons (Fsp3) is 0.500. The molecule has 0 saturated heterocycles. The van der Waals surface area contributed by atoms with Gasteiger partial charge in [0.2, 0.25) is 0 Å². The number of ether oxygens (including phenoxy) is 1. The van der Waals surface area contributed by atoms with E-state index in [2.05, 4.69) is 6.58 Å². The van der Waals surface area contributed by atoms with Gasteiger partial charge in [0.05, 0.1) is 12.2 Å². The number of hydrogen-bond acceptors (Lipinski definition) is 3. The van der Waals surface area contributed by atoms with Gasteiger partial charge in [-0.05, 0) is 25.3 Å². The fourth-order valence-corrected chi connectivity index (χ4v) is 2.30. The number of nitrogens with zero attached hydrogens (tertiary/aromatic N) is 1. The van der Waals surface area contributed by atoms with Crippen molar-refractivity contribution in [3.63, 3.8) is 0 Å². The Labute approximate surface area is 132 Å². The molecule has 7 heteroatoms. The minimum atomic E-state index is -4.64. The molecule has 23 heavy (non-hydrogen) atoms. The number of halogens is 3. The maximum Gasteiger partial charge on any atom is 0.416 e. The van der Waals surface area contributed by atoms with Crippen LogP contribution in [0.4, 0.5) is 13.2 Å². The summed E-state index contributed by atoms with van der Waals surface area (Å²) in [5.41, 5.74) is -1.98. The standard InChI is InChI=1S/C16H20F3NO3/c1-4-7-11-10-20(13(8-5-2)15(22)23-6-3)14(21)9-12(11)16(17,18)19/h4,9-10,13H,1,5-8H2,2-3H3. The molecule has 0 aliphatic heterocycles. The third kappa shape index (κ3) is 4.71. The van der Waals surface area contributed by atoms with E-state index >= 15 is 0 Å². The van der Waals surface area contributed by atoms with E-state index in [1.165, 1.54) is 6.08 Å². The summed E-state index contributed by atoms with van der Waals surface area (Å²) in [6.45, 7) is 7.00. The molecular formula is C16H20F3NO3. The van der Waals surface area contributed by atoms with E-state index in [4.69, 9.17) is 4.74 Å². The van der Waals surface area contributed by atoms with Crippen LogP contribution in [0.2, 0.25) is 0 Å². The molecule has 0 radical (unpaired) electrons. The summed E-state index contributed by atoms with van der Waals surface area (Å²) in [6.07, 6.45) is -1.41. The molecule has 0 aliphatic carbocycles. The third-order valence-corrected chi connectivity index (χ3v) is 3.29. The van der Waals surface area contributed by atoms with E-state index in [0.29, 0.717) is 18.9 Å². The number of rotatable bonds is 7. The zero-order valence-corrected chi connectivity index (χ0v) is 13.2. The molecule has 0 N–H and O–H groups in total. The van der Waals surface area contributed by atoms with Gasteiger partial charge in [-0.3, -0.25) is 4.79 Å². The first-order valence-corrected chi connectivity index (χ1v) is 7.36. The fourth-order valence-electron chi connectivity index (χ4n) is 2.30. The number of hydrogen-bond donors (Lipinski definition) is 0. The average Bonchev–Trinajstić information content (AvgIpc) is 2.46. The number of pyridine rings is 1. The summed E-state index contributed by atoms with van der Waals surface area (Å²) < 4.78 is 45.1. The van der Waals surface area contributed by atoms with Crippen LogP contribution in [0.25, 0.3) is 0 Å². The van der Waals surface area contributed by atoms with Crippen LogP contribution in [0.3, 0.4) is 0 Å². The van der Waals surface area contributed by atoms with Crippen molar-refractivity contribution in [1.82, 2.24) is 4.57 Å². The van der Waals surface area contributed by atoms with Crippen molar-refractivity contribution in [2.45, 2.75) is 45.3 Å². The molecule has 0 bridgehead atoms. The van der Waals surface area contributed by atoms with Gasteiger partial charge in [-0.2, -0.15) is 13.2 Å². The van der Waals surface area contributed by atoms with E-state index in [9.17, 15) is 22.8 Å². The van der Waals surface area contributed by atoms with E-state index in [1.807, 2.05) is 6.92 Å².